The standard InChI is InChI=1S/C19H23N3O2/c1-12-20-18-10-15-6-5-14(9-17(18)19(23)21-12)22(15)11-13-3-7-16(24-2)8-4-13/h3-4,7-8,14-15H,5-6,9-11H2,1-2H3,(H,20,21,23)/t14-,15-/m1/s1. The van der Waals surface area contributed by atoms with Crippen LogP contribution >= 0.6 is 0 Å². The summed E-state index contributed by atoms with van der Waals surface area (Å²) in [4.78, 5) is 22.4. The molecule has 0 spiro atoms. The maximum Gasteiger partial charge on any atom is 0.254 e. The number of H-pyrrole nitrogens is 1. The smallest absolute Gasteiger partial charge is 0.254 e. The first-order valence-corrected chi connectivity index (χ1v) is 8.61. The quantitative estimate of drug-likeness (QED) is 0.940. The highest BCUT2D eigenvalue weighted by Gasteiger charge is 2.38. The van der Waals surface area contributed by atoms with E-state index >= 15 is 0 Å². The van der Waals surface area contributed by atoms with E-state index in [-0.39, 0.29) is 5.56 Å². The van der Waals surface area contributed by atoms with Crippen molar-refractivity contribution in [3.8, 4) is 5.75 Å². The Morgan fingerprint density at radius 2 is 1.92 bits per heavy atom. The summed E-state index contributed by atoms with van der Waals surface area (Å²) in [5.41, 5.74) is 3.24. The fourth-order valence-corrected chi connectivity index (χ4v) is 4.16. The molecule has 0 radical (unpaired) electrons. The van der Waals surface area contributed by atoms with Crippen molar-refractivity contribution in [2.45, 2.75) is 51.2 Å². The van der Waals surface area contributed by atoms with Gasteiger partial charge in [-0.05, 0) is 43.9 Å². The van der Waals surface area contributed by atoms with Gasteiger partial charge in [-0.3, -0.25) is 9.69 Å². The zero-order valence-electron chi connectivity index (χ0n) is 14.2. The number of fused-ring (bicyclic) bond motifs is 3. The lowest BCUT2D eigenvalue weighted by Crippen LogP contribution is -2.36. The number of rotatable bonds is 3. The van der Waals surface area contributed by atoms with Crippen LogP contribution in [0.1, 0.15) is 35.5 Å². The summed E-state index contributed by atoms with van der Waals surface area (Å²) in [6, 6.07) is 9.20. The van der Waals surface area contributed by atoms with Crippen molar-refractivity contribution in [3.63, 3.8) is 0 Å². The molecule has 126 valence electrons. The fourth-order valence-electron chi connectivity index (χ4n) is 4.16. The van der Waals surface area contributed by atoms with E-state index in [9.17, 15) is 4.79 Å². The average Bonchev–Trinajstić information content (AvgIpc) is 2.84. The summed E-state index contributed by atoms with van der Waals surface area (Å²) >= 11 is 0. The van der Waals surface area contributed by atoms with Gasteiger partial charge in [0.25, 0.3) is 5.56 Å². The highest BCUT2D eigenvalue weighted by molar-refractivity contribution is 5.28. The number of hydrogen-bond acceptors (Lipinski definition) is 4. The van der Waals surface area contributed by atoms with Crippen molar-refractivity contribution in [1.82, 2.24) is 14.9 Å². The Morgan fingerprint density at radius 3 is 2.62 bits per heavy atom. The number of methoxy groups -OCH3 is 1. The predicted molar refractivity (Wildman–Crippen MR) is 92.3 cm³/mol. The molecule has 1 aromatic carbocycles. The van der Waals surface area contributed by atoms with Crippen molar-refractivity contribution in [2.24, 2.45) is 0 Å². The third-order valence-corrected chi connectivity index (χ3v) is 5.38. The zero-order valence-corrected chi connectivity index (χ0v) is 14.2. The van der Waals surface area contributed by atoms with Gasteiger partial charge in [-0.25, -0.2) is 4.98 Å². The van der Waals surface area contributed by atoms with Crippen LogP contribution in [0, 0.1) is 6.92 Å². The predicted octanol–water partition coefficient (Wildman–Crippen LogP) is 2.22. The van der Waals surface area contributed by atoms with E-state index in [2.05, 4.69) is 27.0 Å². The van der Waals surface area contributed by atoms with E-state index < -0.39 is 0 Å². The Bertz CT molecular complexity index is 797. The highest BCUT2D eigenvalue weighted by Crippen LogP contribution is 2.33. The first kappa shape index (κ1) is 15.4. The normalized spacial score (nSPS) is 22.9. The Morgan fingerprint density at radius 1 is 1.21 bits per heavy atom. The van der Waals surface area contributed by atoms with Crippen molar-refractivity contribution in [3.05, 3.63) is 57.3 Å². The second kappa shape index (κ2) is 6.06. The van der Waals surface area contributed by atoms with Crippen LogP contribution in [0.4, 0.5) is 0 Å². The summed E-state index contributed by atoms with van der Waals surface area (Å²) < 4.78 is 5.24. The molecule has 2 atom stereocenters. The number of nitrogens with one attached hydrogen (secondary N) is 1. The van der Waals surface area contributed by atoms with Crippen LogP contribution in [-0.4, -0.2) is 34.1 Å². The van der Waals surface area contributed by atoms with Crippen LogP contribution in [0.5, 0.6) is 5.75 Å². The molecular formula is C19H23N3O2. The van der Waals surface area contributed by atoms with Crippen molar-refractivity contribution in [2.75, 3.05) is 7.11 Å². The van der Waals surface area contributed by atoms with Crippen LogP contribution in [0.3, 0.4) is 0 Å². The number of ether oxygens (including phenoxy) is 1. The SMILES string of the molecule is COc1ccc(CN2[C@@H]3CC[C@@H]2Cc2c(nc(C)[nH]c2=O)C3)cc1. The number of aryl methyl sites for hydroxylation is 1. The number of benzene rings is 1. The molecule has 2 aliphatic rings. The van der Waals surface area contributed by atoms with Gasteiger partial charge in [0.05, 0.1) is 12.8 Å². The molecule has 0 saturated carbocycles. The van der Waals surface area contributed by atoms with E-state index in [0.717, 1.165) is 48.6 Å². The van der Waals surface area contributed by atoms with E-state index in [1.54, 1.807) is 7.11 Å². The molecule has 0 amide bonds. The van der Waals surface area contributed by atoms with E-state index in [1.807, 2.05) is 19.1 Å². The van der Waals surface area contributed by atoms with Crippen molar-refractivity contribution >= 4 is 0 Å². The first-order chi connectivity index (χ1) is 11.6. The van der Waals surface area contributed by atoms with Crippen LogP contribution in [0.25, 0.3) is 0 Å². The molecule has 2 aliphatic heterocycles. The van der Waals surface area contributed by atoms with Gasteiger partial charge in [0, 0.05) is 30.6 Å². The van der Waals surface area contributed by atoms with Gasteiger partial charge in [-0.1, -0.05) is 12.1 Å². The summed E-state index contributed by atoms with van der Waals surface area (Å²) in [5.74, 6) is 1.61. The Balaban J connectivity index is 1.60. The van der Waals surface area contributed by atoms with E-state index in [0.29, 0.717) is 12.1 Å². The number of hydrogen-bond donors (Lipinski definition) is 1. The first-order valence-electron chi connectivity index (χ1n) is 8.61. The second-order valence-corrected chi connectivity index (χ2v) is 6.89. The molecule has 5 heteroatoms. The highest BCUT2D eigenvalue weighted by atomic mass is 16.5. The third-order valence-electron chi connectivity index (χ3n) is 5.38. The van der Waals surface area contributed by atoms with Crippen LogP contribution in [-0.2, 0) is 19.4 Å². The lowest BCUT2D eigenvalue weighted by atomic mass is 9.98. The van der Waals surface area contributed by atoms with Crippen LogP contribution in [0.15, 0.2) is 29.1 Å². The lowest BCUT2D eigenvalue weighted by molar-refractivity contribution is 0.187. The monoisotopic (exact) mass is 325 g/mol. The molecule has 1 aromatic heterocycles. The third kappa shape index (κ3) is 2.73. The van der Waals surface area contributed by atoms with Crippen molar-refractivity contribution < 1.29 is 4.74 Å². The molecular weight excluding hydrogens is 302 g/mol. The van der Waals surface area contributed by atoms with Gasteiger partial charge in [0.1, 0.15) is 11.6 Å². The lowest BCUT2D eigenvalue weighted by Gasteiger charge is -2.27. The van der Waals surface area contributed by atoms with Crippen LogP contribution < -0.4 is 10.3 Å². The minimum atomic E-state index is 0.0504. The number of nitrogens with zero attached hydrogens (tertiary/aromatic N) is 2. The van der Waals surface area contributed by atoms with Crippen LogP contribution in [0.2, 0.25) is 0 Å². The maximum absolute atomic E-state index is 12.3. The van der Waals surface area contributed by atoms with E-state index in [4.69, 9.17) is 4.74 Å². The van der Waals surface area contributed by atoms with Crippen molar-refractivity contribution in [1.29, 1.82) is 0 Å². The molecule has 0 aliphatic carbocycles. The maximum atomic E-state index is 12.3. The minimum absolute atomic E-state index is 0.0504. The molecule has 4 rings (SSSR count). The second-order valence-electron chi connectivity index (χ2n) is 6.89. The summed E-state index contributed by atoms with van der Waals surface area (Å²) in [6.45, 7) is 2.78. The Hall–Kier alpha value is -2.14. The molecule has 24 heavy (non-hydrogen) atoms. The van der Waals surface area contributed by atoms with Gasteiger partial charge >= 0.3 is 0 Å². The molecule has 0 unspecified atom stereocenters. The molecule has 1 fully saturated rings. The molecule has 2 aromatic rings. The van der Waals surface area contributed by atoms with Gasteiger partial charge in [0.2, 0.25) is 0 Å². The van der Waals surface area contributed by atoms with Gasteiger partial charge in [0.15, 0.2) is 0 Å². The number of aromatic nitrogens is 2. The zero-order chi connectivity index (χ0) is 16.7. The summed E-state index contributed by atoms with van der Waals surface area (Å²) in [6.07, 6.45) is 4.04. The molecule has 5 nitrogen and oxygen atoms in total. The average molecular weight is 325 g/mol. The molecule has 1 N–H and O–H groups in total. The summed E-state index contributed by atoms with van der Waals surface area (Å²) in [7, 11) is 1.69. The van der Waals surface area contributed by atoms with Gasteiger partial charge in [-0.2, -0.15) is 0 Å². The largest absolute Gasteiger partial charge is 0.497 e. The van der Waals surface area contributed by atoms with E-state index in [1.165, 1.54) is 12.0 Å². The van der Waals surface area contributed by atoms with Gasteiger partial charge in [-0.15, -0.1) is 0 Å². The summed E-state index contributed by atoms with van der Waals surface area (Å²) in [5, 5.41) is 0. The Labute approximate surface area is 141 Å². The fraction of sp³-hybridized carbons (Fsp3) is 0.474. The molecule has 1 saturated heterocycles. The molecule has 2 bridgehead atoms. The number of aromatic amines is 1. The minimum Gasteiger partial charge on any atom is -0.497 e. The Kier molecular flexibility index (Phi) is 3.88. The van der Waals surface area contributed by atoms with Gasteiger partial charge < -0.3 is 9.72 Å². The molecule has 3 heterocycles. The topological polar surface area (TPSA) is 58.2 Å².